The lowest BCUT2D eigenvalue weighted by Crippen LogP contribution is -2.56. The van der Waals surface area contributed by atoms with E-state index in [1.807, 2.05) is 43.4 Å². The summed E-state index contributed by atoms with van der Waals surface area (Å²) >= 11 is 0. The minimum absolute atomic E-state index is 0.285. The number of carbonyl (C=O) groups is 2. The number of hydrogen-bond donors (Lipinski definition) is 2. The Labute approximate surface area is 152 Å². The molecule has 26 heavy (non-hydrogen) atoms. The van der Waals surface area contributed by atoms with Crippen molar-refractivity contribution in [1.29, 1.82) is 0 Å². The van der Waals surface area contributed by atoms with Crippen LogP contribution in [0.25, 0.3) is 11.1 Å². The number of amides is 1. The summed E-state index contributed by atoms with van der Waals surface area (Å²) in [6.07, 6.45) is 0. The highest BCUT2D eigenvalue weighted by atomic mass is 16.4. The number of carboxylic acid groups (broad SMARTS) is 1. The number of piperazine rings is 1. The molecule has 1 fully saturated rings. The molecular weight excluding hydrogens is 330 g/mol. The lowest BCUT2D eigenvalue weighted by molar-refractivity contribution is -0.125. The second kappa shape index (κ2) is 7.68. The number of rotatable bonds is 5. The first kappa shape index (κ1) is 18.1. The van der Waals surface area contributed by atoms with Gasteiger partial charge in [0.1, 0.15) is 6.04 Å². The maximum Gasteiger partial charge on any atom is 0.336 e. The fourth-order valence-electron chi connectivity index (χ4n) is 3.36. The molecule has 6 nitrogen and oxygen atoms in total. The predicted molar refractivity (Wildman–Crippen MR) is 99.7 cm³/mol. The molecule has 0 bridgehead atoms. The minimum Gasteiger partial charge on any atom is -0.478 e. The molecule has 1 saturated heterocycles. The number of carboxylic acids is 1. The van der Waals surface area contributed by atoms with Crippen molar-refractivity contribution in [3.8, 4) is 11.1 Å². The molecule has 0 aliphatic carbocycles. The van der Waals surface area contributed by atoms with Crippen molar-refractivity contribution in [3.05, 3.63) is 59.7 Å². The molecule has 1 amide bonds. The Morgan fingerprint density at radius 2 is 1.81 bits per heavy atom. The molecule has 0 radical (unpaired) electrons. The zero-order valence-electron chi connectivity index (χ0n) is 14.8. The van der Waals surface area contributed by atoms with Crippen molar-refractivity contribution >= 4 is 11.9 Å². The van der Waals surface area contributed by atoms with Crippen molar-refractivity contribution in [2.45, 2.75) is 12.6 Å². The first-order valence-electron chi connectivity index (χ1n) is 8.59. The third kappa shape index (κ3) is 3.92. The van der Waals surface area contributed by atoms with Gasteiger partial charge in [-0.1, -0.05) is 42.5 Å². The van der Waals surface area contributed by atoms with Gasteiger partial charge in [0.05, 0.1) is 5.56 Å². The summed E-state index contributed by atoms with van der Waals surface area (Å²) in [4.78, 5) is 27.3. The van der Waals surface area contributed by atoms with E-state index in [-0.39, 0.29) is 17.5 Å². The van der Waals surface area contributed by atoms with Crippen LogP contribution in [-0.2, 0) is 11.3 Å². The Morgan fingerprint density at radius 1 is 1.12 bits per heavy atom. The third-order valence-corrected chi connectivity index (χ3v) is 4.83. The molecule has 0 saturated carbocycles. The zero-order valence-corrected chi connectivity index (χ0v) is 14.8. The molecule has 1 atom stereocenters. The van der Waals surface area contributed by atoms with Crippen LogP contribution in [0.1, 0.15) is 15.9 Å². The first-order valence-corrected chi connectivity index (χ1v) is 8.59. The Kier molecular flexibility index (Phi) is 5.35. The highest BCUT2D eigenvalue weighted by Crippen LogP contribution is 2.25. The van der Waals surface area contributed by atoms with E-state index >= 15 is 0 Å². The van der Waals surface area contributed by atoms with Crippen LogP contribution in [0.5, 0.6) is 0 Å². The van der Waals surface area contributed by atoms with Gasteiger partial charge in [-0.25, -0.2) is 4.79 Å². The van der Waals surface area contributed by atoms with E-state index in [4.69, 9.17) is 5.73 Å². The molecule has 3 N–H and O–H groups in total. The number of benzene rings is 2. The average Bonchev–Trinajstić information content (AvgIpc) is 2.63. The van der Waals surface area contributed by atoms with Gasteiger partial charge in [0.15, 0.2) is 0 Å². The largest absolute Gasteiger partial charge is 0.478 e. The number of hydrogen-bond acceptors (Lipinski definition) is 4. The Hall–Kier alpha value is -2.70. The number of carbonyl (C=O) groups excluding carboxylic acids is 1. The number of nitrogens with zero attached hydrogens (tertiary/aromatic N) is 2. The molecule has 136 valence electrons. The van der Waals surface area contributed by atoms with E-state index in [0.717, 1.165) is 24.2 Å². The summed E-state index contributed by atoms with van der Waals surface area (Å²) in [6, 6.07) is 14.5. The van der Waals surface area contributed by atoms with Crippen LogP contribution in [0.2, 0.25) is 0 Å². The molecular formula is C20H23N3O3. The van der Waals surface area contributed by atoms with E-state index in [9.17, 15) is 14.7 Å². The van der Waals surface area contributed by atoms with Crippen molar-refractivity contribution < 1.29 is 14.7 Å². The molecule has 2 aromatic carbocycles. The van der Waals surface area contributed by atoms with Gasteiger partial charge in [-0.2, -0.15) is 0 Å². The van der Waals surface area contributed by atoms with Crippen LogP contribution in [-0.4, -0.2) is 59.5 Å². The number of likely N-dealkylation sites (N-methyl/N-ethyl adjacent to an activating group) is 1. The molecule has 2 aromatic rings. The number of nitrogens with two attached hydrogens (primary N) is 1. The number of aromatic carboxylic acids is 1. The van der Waals surface area contributed by atoms with Gasteiger partial charge >= 0.3 is 5.97 Å². The van der Waals surface area contributed by atoms with E-state index in [0.29, 0.717) is 18.7 Å². The van der Waals surface area contributed by atoms with Crippen molar-refractivity contribution in [1.82, 2.24) is 9.80 Å². The van der Waals surface area contributed by atoms with Crippen LogP contribution in [0.15, 0.2) is 48.5 Å². The summed E-state index contributed by atoms with van der Waals surface area (Å²) in [7, 11) is 1.99. The quantitative estimate of drug-likeness (QED) is 0.854. The first-order chi connectivity index (χ1) is 12.5. The van der Waals surface area contributed by atoms with Crippen molar-refractivity contribution in [3.63, 3.8) is 0 Å². The number of primary amides is 1. The maximum atomic E-state index is 11.7. The molecule has 0 unspecified atom stereocenters. The molecule has 1 aliphatic rings. The summed E-state index contributed by atoms with van der Waals surface area (Å²) in [5, 5.41) is 9.35. The predicted octanol–water partition coefficient (Wildman–Crippen LogP) is 1.65. The second-order valence-electron chi connectivity index (χ2n) is 6.70. The monoisotopic (exact) mass is 353 g/mol. The van der Waals surface area contributed by atoms with Gasteiger partial charge in [-0.3, -0.25) is 9.69 Å². The van der Waals surface area contributed by atoms with E-state index in [1.165, 1.54) is 0 Å². The molecule has 0 spiro atoms. The standard InChI is InChI=1S/C20H23N3O3/c1-22-10-11-23(18(13-22)19(21)24)12-14-6-8-15(9-7-14)16-4-2-3-5-17(16)20(25)26/h2-9,18H,10-13H2,1H3,(H2,21,24)(H,25,26)/t18-/m1/s1. The van der Waals surface area contributed by atoms with Gasteiger partial charge in [0, 0.05) is 26.2 Å². The lowest BCUT2D eigenvalue weighted by atomic mass is 9.98. The Morgan fingerprint density at radius 3 is 2.46 bits per heavy atom. The highest BCUT2D eigenvalue weighted by Gasteiger charge is 2.29. The highest BCUT2D eigenvalue weighted by molar-refractivity contribution is 5.96. The van der Waals surface area contributed by atoms with Gasteiger partial charge in [-0.15, -0.1) is 0 Å². The van der Waals surface area contributed by atoms with Gasteiger partial charge in [0.25, 0.3) is 0 Å². The van der Waals surface area contributed by atoms with E-state index in [1.54, 1.807) is 12.1 Å². The smallest absolute Gasteiger partial charge is 0.336 e. The van der Waals surface area contributed by atoms with Crippen molar-refractivity contribution in [2.24, 2.45) is 5.73 Å². The summed E-state index contributed by atoms with van der Waals surface area (Å²) in [6.45, 7) is 2.96. The lowest BCUT2D eigenvalue weighted by Gasteiger charge is -2.38. The molecule has 0 aromatic heterocycles. The van der Waals surface area contributed by atoms with Crippen LogP contribution >= 0.6 is 0 Å². The summed E-state index contributed by atoms with van der Waals surface area (Å²) in [5.74, 6) is -1.24. The molecule has 1 aliphatic heterocycles. The summed E-state index contributed by atoms with van der Waals surface area (Å²) in [5.41, 5.74) is 8.46. The van der Waals surface area contributed by atoms with Crippen LogP contribution in [0, 0.1) is 0 Å². The van der Waals surface area contributed by atoms with Crippen LogP contribution < -0.4 is 5.73 Å². The normalized spacial score (nSPS) is 18.6. The average molecular weight is 353 g/mol. The third-order valence-electron chi connectivity index (χ3n) is 4.83. The summed E-state index contributed by atoms with van der Waals surface area (Å²) < 4.78 is 0. The van der Waals surface area contributed by atoms with E-state index in [2.05, 4.69) is 9.80 Å². The Bertz CT molecular complexity index is 804. The maximum absolute atomic E-state index is 11.7. The van der Waals surface area contributed by atoms with Crippen molar-refractivity contribution in [2.75, 3.05) is 26.7 Å². The van der Waals surface area contributed by atoms with E-state index < -0.39 is 5.97 Å². The van der Waals surface area contributed by atoms with Crippen LogP contribution in [0.3, 0.4) is 0 Å². The molecule has 3 rings (SSSR count). The topological polar surface area (TPSA) is 86.9 Å². The van der Waals surface area contributed by atoms with Gasteiger partial charge < -0.3 is 15.7 Å². The SMILES string of the molecule is CN1CCN(Cc2ccc(-c3ccccc3C(=O)O)cc2)[C@@H](C(N)=O)C1. The molecule has 6 heteroatoms. The second-order valence-corrected chi connectivity index (χ2v) is 6.70. The Balaban J connectivity index is 1.78. The van der Waals surface area contributed by atoms with Gasteiger partial charge in [0.2, 0.25) is 5.91 Å². The van der Waals surface area contributed by atoms with Crippen LogP contribution in [0.4, 0.5) is 0 Å². The molecule has 1 heterocycles. The van der Waals surface area contributed by atoms with Gasteiger partial charge in [-0.05, 0) is 29.8 Å². The fourth-order valence-corrected chi connectivity index (χ4v) is 3.36. The minimum atomic E-state index is -0.939. The fraction of sp³-hybridized carbons (Fsp3) is 0.300. The zero-order chi connectivity index (χ0) is 18.7.